The molecule has 2 N–H and O–H groups in total. The van der Waals surface area contributed by atoms with E-state index in [-0.39, 0.29) is 5.91 Å². The zero-order chi connectivity index (χ0) is 15.9. The van der Waals surface area contributed by atoms with Crippen molar-refractivity contribution in [1.29, 1.82) is 0 Å². The number of carbonyl (C=O) groups excluding carboxylic acids is 1. The summed E-state index contributed by atoms with van der Waals surface area (Å²) in [6.45, 7) is 7.51. The predicted molar refractivity (Wildman–Crippen MR) is 84.7 cm³/mol. The minimum atomic E-state index is -0.755. The first-order valence-corrected chi connectivity index (χ1v) is 7.23. The number of carbonyl (C=O) groups is 1. The largest absolute Gasteiger partial charge is 0.495 e. The summed E-state index contributed by atoms with van der Waals surface area (Å²) in [7, 11) is 1.58. The van der Waals surface area contributed by atoms with Gasteiger partial charge in [-0.3, -0.25) is 4.79 Å². The van der Waals surface area contributed by atoms with Gasteiger partial charge in [-0.2, -0.15) is 0 Å². The summed E-state index contributed by atoms with van der Waals surface area (Å²) in [5.41, 5.74) is -0.0784. The number of rotatable bonds is 8. The first-order chi connectivity index (χ1) is 9.85. The molecule has 0 saturated carbocycles. The average Bonchev–Trinajstić information content (AvgIpc) is 2.42. The van der Waals surface area contributed by atoms with Gasteiger partial charge in [0.1, 0.15) is 5.75 Å². The lowest BCUT2D eigenvalue weighted by Crippen LogP contribution is -2.39. The maximum atomic E-state index is 12.0. The summed E-state index contributed by atoms with van der Waals surface area (Å²) >= 11 is 0. The molecule has 5 nitrogen and oxygen atoms in total. The molecular weight excluding hydrogens is 268 g/mol. The number of aliphatic hydroxyl groups is 1. The molecule has 1 aromatic carbocycles. The molecule has 0 saturated heterocycles. The van der Waals surface area contributed by atoms with Crippen molar-refractivity contribution in [3.05, 3.63) is 24.3 Å². The molecule has 0 aliphatic heterocycles. The van der Waals surface area contributed by atoms with E-state index in [0.717, 1.165) is 6.54 Å². The minimum Gasteiger partial charge on any atom is -0.495 e. The fourth-order valence-electron chi connectivity index (χ4n) is 2.12. The number of methoxy groups -OCH3 is 1. The molecule has 0 aromatic heterocycles. The van der Waals surface area contributed by atoms with Gasteiger partial charge < -0.3 is 20.1 Å². The van der Waals surface area contributed by atoms with Crippen molar-refractivity contribution in [2.75, 3.05) is 32.1 Å². The van der Waals surface area contributed by atoms with Gasteiger partial charge in [0.25, 0.3) is 0 Å². The average molecular weight is 294 g/mol. The summed E-state index contributed by atoms with van der Waals surface area (Å²) in [5, 5.41) is 12.7. The number of ether oxygens (including phenoxy) is 1. The summed E-state index contributed by atoms with van der Waals surface area (Å²) in [4.78, 5) is 14.1. The SMILES string of the molecule is CCN(CCC(=O)Nc1ccccc1OC)CC(C)(C)O. The second-order valence-electron chi connectivity index (χ2n) is 5.68. The highest BCUT2D eigenvalue weighted by molar-refractivity contribution is 5.92. The zero-order valence-corrected chi connectivity index (χ0v) is 13.3. The van der Waals surface area contributed by atoms with E-state index < -0.39 is 5.60 Å². The second-order valence-corrected chi connectivity index (χ2v) is 5.68. The van der Waals surface area contributed by atoms with Gasteiger partial charge in [-0.1, -0.05) is 19.1 Å². The third-order valence-corrected chi connectivity index (χ3v) is 3.09. The van der Waals surface area contributed by atoms with Crippen LogP contribution < -0.4 is 10.1 Å². The lowest BCUT2D eigenvalue weighted by molar-refractivity contribution is -0.116. The van der Waals surface area contributed by atoms with E-state index in [4.69, 9.17) is 4.74 Å². The Labute approximate surface area is 126 Å². The predicted octanol–water partition coefficient (Wildman–Crippen LogP) is 2.12. The van der Waals surface area contributed by atoms with Crippen molar-refractivity contribution in [2.45, 2.75) is 32.8 Å². The number of para-hydroxylation sites is 2. The summed E-state index contributed by atoms with van der Waals surface area (Å²) < 4.78 is 5.20. The summed E-state index contributed by atoms with van der Waals surface area (Å²) in [6, 6.07) is 7.33. The van der Waals surface area contributed by atoms with E-state index in [9.17, 15) is 9.90 Å². The molecule has 1 rings (SSSR count). The number of hydrogen-bond donors (Lipinski definition) is 2. The van der Waals surface area contributed by atoms with Crippen LogP contribution in [0.15, 0.2) is 24.3 Å². The lowest BCUT2D eigenvalue weighted by Gasteiger charge is -2.27. The summed E-state index contributed by atoms with van der Waals surface area (Å²) in [6.07, 6.45) is 0.377. The molecule has 0 bridgehead atoms. The number of nitrogens with one attached hydrogen (secondary N) is 1. The Kier molecular flexibility index (Phi) is 6.65. The van der Waals surface area contributed by atoms with Crippen molar-refractivity contribution in [3.63, 3.8) is 0 Å². The van der Waals surface area contributed by atoms with Gasteiger partial charge in [-0.05, 0) is 32.5 Å². The van der Waals surface area contributed by atoms with Crippen LogP contribution >= 0.6 is 0 Å². The number of anilines is 1. The highest BCUT2D eigenvalue weighted by Gasteiger charge is 2.18. The quantitative estimate of drug-likeness (QED) is 0.771. The standard InChI is InChI=1S/C16H26N2O3/c1-5-18(12-16(2,3)20)11-10-15(19)17-13-8-6-7-9-14(13)21-4/h6-9,20H,5,10-12H2,1-4H3,(H,17,19). The van der Waals surface area contributed by atoms with Crippen LogP contribution in [0.4, 0.5) is 5.69 Å². The molecular formula is C16H26N2O3. The van der Waals surface area contributed by atoms with Crippen LogP contribution in [-0.2, 0) is 4.79 Å². The van der Waals surface area contributed by atoms with Gasteiger partial charge in [0.05, 0.1) is 18.4 Å². The van der Waals surface area contributed by atoms with Gasteiger partial charge >= 0.3 is 0 Å². The van der Waals surface area contributed by atoms with Gasteiger partial charge in [0.15, 0.2) is 0 Å². The highest BCUT2D eigenvalue weighted by atomic mass is 16.5. The summed E-state index contributed by atoms with van der Waals surface area (Å²) in [5.74, 6) is 0.586. The van der Waals surface area contributed by atoms with Crippen LogP contribution in [0.3, 0.4) is 0 Å². The Morgan fingerprint density at radius 2 is 2.05 bits per heavy atom. The molecule has 1 aromatic rings. The number of amides is 1. The molecule has 1 amide bonds. The van der Waals surface area contributed by atoms with Gasteiger partial charge in [-0.25, -0.2) is 0 Å². The molecule has 118 valence electrons. The fraction of sp³-hybridized carbons (Fsp3) is 0.562. The van der Waals surface area contributed by atoms with E-state index in [1.165, 1.54) is 0 Å². The third kappa shape index (κ3) is 6.60. The Bertz CT molecular complexity index is 455. The van der Waals surface area contributed by atoms with Crippen LogP contribution in [0.5, 0.6) is 5.75 Å². The topological polar surface area (TPSA) is 61.8 Å². The van der Waals surface area contributed by atoms with Crippen LogP contribution in [0.1, 0.15) is 27.2 Å². The highest BCUT2D eigenvalue weighted by Crippen LogP contribution is 2.23. The number of nitrogens with zero attached hydrogens (tertiary/aromatic N) is 1. The maximum absolute atomic E-state index is 12.0. The van der Waals surface area contributed by atoms with Gasteiger partial charge in [0, 0.05) is 19.5 Å². The fourth-order valence-corrected chi connectivity index (χ4v) is 2.12. The van der Waals surface area contributed by atoms with Crippen molar-refractivity contribution in [2.24, 2.45) is 0 Å². The number of hydrogen-bond acceptors (Lipinski definition) is 4. The van der Waals surface area contributed by atoms with E-state index in [1.807, 2.05) is 31.2 Å². The van der Waals surface area contributed by atoms with Gasteiger partial charge in [-0.15, -0.1) is 0 Å². The molecule has 0 fully saturated rings. The van der Waals surface area contributed by atoms with E-state index in [1.54, 1.807) is 21.0 Å². The minimum absolute atomic E-state index is 0.0614. The van der Waals surface area contributed by atoms with Crippen LogP contribution in [0.25, 0.3) is 0 Å². The molecule has 5 heteroatoms. The molecule has 21 heavy (non-hydrogen) atoms. The maximum Gasteiger partial charge on any atom is 0.225 e. The molecule has 0 atom stereocenters. The first-order valence-electron chi connectivity index (χ1n) is 7.23. The third-order valence-electron chi connectivity index (χ3n) is 3.09. The van der Waals surface area contributed by atoms with Crippen molar-refractivity contribution < 1.29 is 14.6 Å². The van der Waals surface area contributed by atoms with Gasteiger partial charge in [0.2, 0.25) is 5.91 Å². The van der Waals surface area contributed by atoms with Crippen LogP contribution in [-0.4, -0.2) is 48.3 Å². The Balaban J connectivity index is 2.50. The molecule has 0 radical (unpaired) electrons. The van der Waals surface area contributed by atoms with E-state index in [2.05, 4.69) is 10.2 Å². The van der Waals surface area contributed by atoms with Crippen molar-refractivity contribution >= 4 is 11.6 Å². The Morgan fingerprint density at radius 3 is 2.62 bits per heavy atom. The number of benzene rings is 1. The van der Waals surface area contributed by atoms with Crippen LogP contribution in [0, 0.1) is 0 Å². The van der Waals surface area contributed by atoms with Crippen LogP contribution in [0.2, 0.25) is 0 Å². The number of likely N-dealkylation sites (N-methyl/N-ethyl adjacent to an activating group) is 1. The molecule has 0 heterocycles. The van der Waals surface area contributed by atoms with Crippen molar-refractivity contribution in [1.82, 2.24) is 4.90 Å². The normalized spacial score (nSPS) is 11.5. The molecule has 0 aliphatic rings. The van der Waals surface area contributed by atoms with E-state index >= 15 is 0 Å². The first kappa shape index (κ1) is 17.5. The lowest BCUT2D eigenvalue weighted by atomic mass is 10.1. The zero-order valence-electron chi connectivity index (χ0n) is 13.3. The molecule has 0 aliphatic carbocycles. The smallest absolute Gasteiger partial charge is 0.225 e. The molecule has 0 unspecified atom stereocenters. The Hall–Kier alpha value is -1.59. The Morgan fingerprint density at radius 1 is 1.38 bits per heavy atom. The second kappa shape index (κ2) is 8.00. The monoisotopic (exact) mass is 294 g/mol. The van der Waals surface area contributed by atoms with Crippen molar-refractivity contribution in [3.8, 4) is 5.75 Å². The van der Waals surface area contributed by atoms with E-state index in [0.29, 0.717) is 30.9 Å². The molecule has 0 spiro atoms.